The molecule has 0 aromatic heterocycles. The van der Waals surface area contributed by atoms with Crippen LogP contribution in [0.2, 0.25) is 0 Å². The zero-order valence-electron chi connectivity index (χ0n) is 12.0. The van der Waals surface area contributed by atoms with E-state index in [-0.39, 0.29) is 23.7 Å². The monoisotopic (exact) mass is 358 g/mol. The number of aliphatic hydroxyl groups excluding tert-OH is 1. The number of aliphatic hydroxyl groups is 1. The number of nitro benzene ring substituents is 1. The molecule has 0 saturated heterocycles. The van der Waals surface area contributed by atoms with Crippen molar-refractivity contribution in [2.24, 2.45) is 5.92 Å². The summed E-state index contributed by atoms with van der Waals surface area (Å²) >= 11 is 3.14. The van der Waals surface area contributed by atoms with Gasteiger partial charge < -0.3 is 10.4 Å². The standard InChI is InChI=1S/C14H19BrN2O4/c1-3-9(4-2)13(18)8-16-14(19)10-5-11(15)7-12(6-10)17(20)21/h5-7,9,13,18H,3-4,8H2,1-2H3,(H,16,19). The Hall–Kier alpha value is -1.47. The van der Waals surface area contributed by atoms with Gasteiger partial charge >= 0.3 is 0 Å². The topological polar surface area (TPSA) is 92.5 Å². The summed E-state index contributed by atoms with van der Waals surface area (Å²) in [6, 6.07) is 4.05. The van der Waals surface area contributed by atoms with E-state index in [1.54, 1.807) is 0 Å². The number of non-ortho nitro benzene ring substituents is 1. The molecule has 116 valence electrons. The van der Waals surface area contributed by atoms with E-state index in [0.717, 1.165) is 12.8 Å². The third kappa shape index (κ3) is 5.09. The predicted octanol–water partition coefficient (Wildman–Crippen LogP) is 2.88. The average molecular weight is 359 g/mol. The summed E-state index contributed by atoms with van der Waals surface area (Å²) in [5.74, 6) is -0.313. The Labute approximate surface area is 131 Å². The quantitative estimate of drug-likeness (QED) is 0.578. The molecule has 1 amide bonds. The molecule has 0 heterocycles. The van der Waals surface area contributed by atoms with Crippen LogP contribution >= 0.6 is 15.9 Å². The van der Waals surface area contributed by atoms with Gasteiger partial charge in [0, 0.05) is 28.7 Å². The van der Waals surface area contributed by atoms with Crippen LogP contribution in [0.25, 0.3) is 0 Å². The number of nitrogens with one attached hydrogen (secondary N) is 1. The fourth-order valence-corrected chi connectivity index (χ4v) is 2.59. The predicted molar refractivity (Wildman–Crippen MR) is 83.2 cm³/mol. The van der Waals surface area contributed by atoms with Crippen LogP contribution in [-0.2, 0) is 0 Å². The fraction of sp³-hybridized carbons (Fsp3) is 0.500. The van der Waals surface area contributed by atoms with Crippen molar-refractivity contribution in [2.45, 2.75) is 32.8 Å². The second-order valence-corrected chi connectivity index (χ2v) is 5.72. The Morgan fingerprint density at radius 2 is 2.00 bits per heavy atom. The van der Waals surface area contributed by atoms with E-state index in [4.69, 9.17) is 0 Å². The van der Waals surface area contributed by atoms with Gasteiger partial charge in [0.15, 0.2) is 0 Å². The SMILES string of the molecule is CCC(CC)C(O)CNC(=O)c1cc(Br)cc([N+](=O)[O-])c1. The van der Waals surface area contributed by atoms with E-state index >= 15 is 0 Å². The number of nitrogens with zero attached hydrogens (tertiary/aromatic N) is 1. The molecule has 0 aliphatic rings. The summed E-state index contributed by atoms with van der Waals surface area (Å²) in [4.78, 5) is 22.2. The first-order valence-electron chi connectivity index (χ1n) is 6.80. The molecule has 0 fully saturated rings. The molecule has 6 nitrogen and oxygen atoms in total. The summed E-state index contributed by atoms with van der Waals surface area (Å²) < 4.78 is 0.461. The van der Waals surface area contributed by atoms with Crippen molar-refractivity contribution in [1.82, 2.24) is 5.32 Å². The Kier molecular flexibility index (Phi) is 6.77. The minimum Gasteiger partial charge on any atom is -0.391 e. The van der Waals surface area contributed by atoms with Gasteiger partial charge in [0.25, 0.3) is 11.6 Å². The molecule has 0 spiro atoms. The molecule has 1 atom stereocenters. The molecule has 7 heteroatoms. The van der Waals surface area contributed by atoms with Gasteiger partial charge in [0.1, 0.15) is 0 Å². The number of hydrogen-bond donors (Lipinski definition) is 2. The highest BCUT2D eigenvalue weighted by Gasteiger charge is 2.18. The first-order chi connectivity index (χ1) is 9.88. The number of nitro groups is 1. The van der Waals surface area contributed by atoms with Crippen LogP contribution in [0, 0.1) is 16.0 Å². The van der Waals surface area contributed by atoms with Crippen LogP contribution in [0.4, 0.5) is 5.69 Å². The maximum Gasteiger partial charge on any atom is 0.271 e. The maximum absolute atomic E-state index is 12.0. The van der Waals surface area contributed by atoms with Crippen LogP contribution in [0.5, 0.6) is 0 Å². The van der Waals surface area contributed by atoms with Crippen molar-refractivity contribution in [1.29, 1.82) is 0 Å². The lowest BCUT2D eigenvalue weighted by Gasteiger charge is -2.20. The summed E-state index contributed by atoms with van der Waals surface area (Å²) in [7, 11) is 0. The zero-order chi connectivity index (χ0) is 16.0. The molecule has 2 N–H and O–H groups in total. The highest BCUT2D eigenvalue weighted by atomic mass is 79.9. The molecular weight excluding hydrogens is 340 g/mol. The molecular formula is C14H19BrN2O4. The van der Waals surface area contributed by atoms with Crippen LogP contribution in [0.1, 0.15) is 37.0 Å². The third-order valence-corrected chi connectivity index (χ3v) is 3.88. The van der Waals surface area contributed by atoms with Crippen LogP contribution < -0.4 is 5.32 Å². The van der Waals surface area contributed by atoms with Crippen LogP contribution in [0.15, 0.2) is 22.7 Å². The lowest BCUT2D eigenvalue weighted by molar-refractivity contribution is -0.385. The maximum atomic E-state index is 12.0. The molecule has 1 rings (SSSR count). The molecule has 1 aromatic rings. The minimum absolute atomic E-state index is 0.127. The van der Waals surface area contributed by atoms with Gasteiger partial charge in [-0.25, -0.2) is 0 Å². The summed E-state index contributed by atoms with van der Waals surface area (Å²) in [6.45, 7) is 4.10. The van der Waals surface area contributed by atoms with Crippen molar-refractivity contribution in [2.75, 3.05) is 6.54 Å². The Morgan fingerprint density at radius 3 is 2.52 bits per heavy atom. The van der Waals surface area contributed by atoms with E-state index in [0.29, 0.717) is 4.47 Å². The number of hydrogen-bond acceptors (Lipinski definition) is 4. The van der Waals surface area contributed by atoms with E-state index in [1.807, 2.05) is 13.8 Å². The lowest BCUT2D eigenvalue weighted by atomic mass is 9.96. The van der Waals surface area contributed by atoms with Gasteiger partial charge in [0.2, 0.25) is 0 Å². The number of carbonyl (C=O) groups excluding carboxylic acids is 1. The Balaban J connectivity index is 2.74. The van der Waals surface area contributed by atoms with Crippen LogP contribution in [-0.4, -0.2) is 28.6 Å². The molecule has 0 aliphatic carbocycles. The largest absolute Gasteiger partial charge is 0.391 e. The fourth-order valence-electron chi connectivity index (χ4n) is 2.11. The Morgan fingerprint density at radius 1 is 1.38 bits per heavy atom. The van der Waals surface area contributed by atoms with Gasteiger partial charge in [-0.15, -0.1) is 0 Å². The smallest absolute Gasteiger partial charge is 0.271 e. The minimum atomic E-state index is -0.619. The van der Waals surface area contributed by atoms with Crippen molar-refractivity contribution in [3.05, 3.63) is 38.3 Å². The van der Waals surface area contributed by atoms with Crippen molar-refractivity contribution >= 4 is 27.5 Å². The third-order valence-electron chi connectivity index (χ3n) is 3.42. The summed E-state index contributed by atoms with van der Waals surface area (Å²) in [5, 5.41) is 23.4. The van der Waals surface area contributed by atoms with Gasteiger partial charge in [-0.2, -0.15) is 0 Å². The zero-order valence-corrected chi connectivity index (χ0v) is 13.6. The van der Waals surface area contributed by atoms with Gasteiger partial charge in [-0.1, -0.05) is 42.6 Å². The number of benzene rings is 1. The summed E-state index contributed by atoms with van der Waals surface area (Å²) in [6.07, 6.45) is 1.04. The molecule has 0 bridgehead atoms. The van der Waals surface area contributed by atoms with E-state index in [2.05, 4.69) is 21.2 Å². The highest BCUT2D eigenvalue weighted by molar-refractivity contribution is 9.10. The van der Waals surface area contributed by atoms with Crippen LogP contribution in [0.3, 0.4) is 0 Å². The number of carbonyl (C=O) groups is 1. The number of halogens is 1. The molecule has 21 heavy (non-hydrogen) atoms. The second kappa shape index (κ2) is 8.09. The highest BCUT2D eigenvalue weighted by Crippen LogP contribution is 2.21. The van der Waals surface area contributed by atoms with Gasteiger partial charge in [-0.3, -0.25) is 14.9 Å². The van der Waals surface area contributed by atoms with Crippen molar-refractivity contribution in [3.8, 4) is 0 Å². The van der Waals surface area contributed by atoms with E-state index < -0.39 is 16.9 Å². The van der Waals surface area contributed by atoms with E-state index in [9.17, 15) is 20.0 Å². The normalized spacial score (nSPS) is 12.2. The van der Waals surface area contributed by atoms with Gasteiger partial charge in [0.05, 0.1) is 11.0 Å². The number of rotatable bonds is 7. The molecule has 1 unspecified atom stereocenters. The summed E-state index contributed by atoms with van der Waals surface area (Å²) in [5.41, 5.74) is 0.0305. The molecule has 0 radical (unpaired) electrons. The average Bonchev–Trinajstić information content (AvgIpc) is 2.45. The molecule has 0 saturated carbocycles. The first kappa shape index (κ1) is 17.6. The number of amides is 1. The van der Waals surface area contributed by atoms with Gasteiger partial charge in [-0.05, 0) is 12.0 Å². The second-order valence-electron chi connectivity index (χ2n) is 4.81. The molecule has 1 aromatic carbocycles. The lowest BCUT2D eigenvalue weighted by Crippen LogP contribution is -2.36. The van der Waals surface area contributed by atoms with E-state index in [1.165, 1.54) is 18.2 Å². The molecule has 0 aliphatic heterocycles. The Bertz CT molecular complexity index is 518. The van der Waals surface area contributed by atoms with Crippen molar-refractivity contribution < 1.29 is 14.8 Å². The first-order valence-corrected chi connectivity index (χ1v) is 7.59. The van der Waals surface area contributed by atoms with Crippen molar-refractivity contribution in [3.63, 3.8) is 0 Å².